The molecular formula is C18H23NO. The summed E-state index contributed by atoms with van der Waals surface area (Å²) in [6, 6.07) is 9.14. The first-order chi connectivity index (χ1) is 9.53. The molecule has 0 radical (unpaired) electrons. The van der Waals surface area contributed by atoms with Gasteiger partial charge in [0.2, 0.25) is 0 Å². The van der Waals surface area contributed by atoms with Gasteiger partial charge in [0.1, 0.15) is 5.75 Å². The molecule has 0 bridgehead atoms. The number of hydrogen-bond acceptors (Lipinski definition) is 2. The fraction of sp³-hybridized carbons (Fsp3) is 0.611. The van der Waals surface area contributed by atoms with E-state index in [1.165, 1.54) is 17.5 Å². The Kier molecular flexibility index (Phi) is 3.05. The minimum Gasteiger partial charge on any atom is -0.497 e. The third kappa shape index (κ3) is 1.76. The van der Waals surface area contributed by atoms with Crippen LogP contribution in [0.1, 0.15) is 50.7 Å². The van der Waals surface area contributed by atoms with Crippen LogP contribution in [0.15, 0.2) is 18.2 Å². The van der Waals surface area contributed by atoms with Crippen molar-refractivity contribution in [1.29, 1.82) is 5.26 Å². The van der Waals surface area contributed by atoms with Crippen molar-refractivity contribution >= 4 is 0 Å². The van der Waals surface area contributed by atoms with Crippen LogP contribution in [-0.2, 0) is 11.8 Å². The van der Waals surface area contributed by atoms with Gasteiger partial charge in [0.25, 0.3) is 0 Å². The van der Waals surface area contributed by atoms with E-state index in [0.29, 0.717) is 5.92 Å². The molecule has 106 valence electrons. The van der Waals surface area contributed by atoms with E-state index >= 15 is 0 Å². The SMILES string of the molecule is COc1ccc2c(c1)CCC1[C@](C)(C#N)CCC[C@]21C. The van der Waals surface area contributed by atoms with Crippen LogP contribution >= 0.6 is 0 Å². The third-order valence-electron chi connectivity index (χ3n) is 5.82. The largest absolute Gasteiger partial charge is 0.497 e. The first-order valence-electron chi connectivity index (χ1n) is 7.62. The summed E-state index contributed by atoms with van der Waals surface area (Å²) in [7, 11) is 1.72. The van der Waals surface area contributed by atoms with E-state index in [4.69, 9.17) is 4.74 Å². The van der Waals surface area contributed by atoms with Crippen molar-refractivity contribution in [3.63, 3.8) is 0 Å². The Morgan fingerprint density at radius 2 is 2.10 bits per heavy atom. The summed E-state index contributed by atoms with van der Waals surface area (Å²) < 4.78 is 5.36. The number of methoxy groups -OCH3 is 1. The van der Waals surface area contributed by atoms with Crippen LogP contribution in [0.2, 0.25) is 0 Å². The zero-order valence-corrected chi connectivity index (χ0v) is 12.7. The molecule has 1 aromatic carbocycles. The highest BCUT2D eigenvalue weighted by Gasteiger charge is 2.52. The van der Waals surface area contributed by atoms with Gasteiger partial charge < -0.3 is 4.74 Å². The van der Waals surface area contributed by atoms with Gasteiger partial charge in [-0.2, -0.15) is 5.26 Å². The summed E-state index contributed by atoms with van der Waals surface area (Å²) in [6.07, 6.45) is 5.61. The number of aryl methyl sites for hydroxylation is 1. The quantitative estimate of drug-likeness (QED) is 0.764. The van der Waals surface area contributed by atoms with Crippen molar-refractivity contribution in [2.24, 2.45) is 11.3 Å². The second-order valence-electron chi connectivity index (χ2n) is 6.91. The number of ether oxygens (including phenoxy) is 1. The summed E-state index contributed by atoms with van der Waals surface area (Å²) >= 11 is 0. The second-order valence-corrected chi connectivity index (χ2v) is 6.91. The molecule has 0 N–H and O–H groups in total. The summed E-state index contributed by atoms with van der Waals surface area (Å²) in [6.45, 7) is 4.54. The monoisotopic (exact) mass is 269 g/mol. The Balaban J connectivity index is 2.09. The van der Waals surface area contributed by atoms with Crippen LogP contribution in [0.5, 0.6) is 5.75 Å². The molecule has 0 heterocycles. The Morgan fingerprint density at radius 3 is 2.80 bits per heavy atom. The van der Waals surface area contributed by atoms with Crippen molar-refractivity contribution < 1.29 is 4.74 Å². The smallest absolute Gasteiger partial charge is 0.119 e. The van der Waals surface area contributed by atoms with Crippen LogP contribution in [0.4, 0.5) is 0 Å². The Hall–Kier alpha value is -1.49. The molecule has 1 fully saturated rings. The second kappa shape index (κ2) is 4.52. The summed E-state index contributed by atoms with van der Waals surface area (Å²) in [4.78, 5) is 0. The maximum absolute atomic E-state index is 9.66. The Labute approximate surface area is 121 Å². The van der Waals surface area contributed by atoms with E-state index in [2.05, 4.69) is 38.1 Å². The molecular weight excluding hydrogens is 246 g/mol. The van der Waals surface area contributed by atoms with Crippen LogP contribution in [0, 0.1) is 22.7 Å². The molecule has 0 amide bonds. The average molecular weight is 269 g/mol. The summed E-state index contributed by atoms with van der Waals surface area (Å²) in [5, 5.41) is 9.66. The molecule has 0 aliphatic heterocycles. The van der Waals surface area contributed by atoms with E-state index in [1.807, 2.05) is 0 Å². The topological polar surface area (TPSA) is 33.0 Å². The van der Waals surface area contributed by atoms with Gasteiger partial charge in [0, 0.05) is 0 Å². The fourth-order valence-electron chi connectivity index (χ4n) is 4.73. The van der Waals surface area contributed by atoms with Gasteiger partial charge in [-0.25, -0.2) is 0 Å². The predicted octanol–water partition coefficient (Wildman–Crippen LogP) is 4.23. The van der Waals surface area contributed by atoms with Crippen molar-refractivity contribution in [3.8, 4) is 11.8 Å². The molecule has 3 atom stereocenters. The maximum atomic E-state index is 9.66. The summed E-state index contributed by atoms with van der Waals surface area (Å²) in [5.74, 6) is 1.43. The lowest BCUT2D eigenvalue weighted by molar-refractivity contribution is 0.0687. The molecule has 0 spiro atoms. The molecule has 2 heteroatoms. The summed E-state index contributed by atoms with van der Waals surface area (Å²) in [5.41, 5.74) is 2.87. The zero-order chi connectivity index (χ0) is 14.4. The maximum Gasteiger partial charge on any atom is 0.119 e. The molecule has 2 nitrogen and oxygen atoms in total. The highest BCUT2D eigenvalue weighted by molar-refractivity contribution is 5.43. The molecule has 2 aliphatic rings. The predicted molar refractivity (Wildman–Crippen MR) is 79.7 cm³/mol. The van der Waals surface area contributed by atoms with Crippen LogP contribution in [0.25, 0.3) is 0 Å². The molecule has 0 aromatic heterocycles. The van der Waals surface area contributed by atoms with Gasteiger partial charge in [-0.1, -0.05) is 19.4 Å². The van der Waals surface area contributed by atoms with Gasteiger partial charge >= 0.3 is 0 Å². The first kappa shape index (κ1) is 13.5. The average Bonchev–Trinajstić information content (AvgIpc) is 2.46. The van der Waals surface area contributed by atoms with Gasteiger partial charge in [-0.3, -0.25) is 0 Å². The van der Waals surface area contributed by atoms with Gasteiger partial charge in [-0.15, -0.1) is 0 Å². The highest BCUT2D eigenvalue weighted by Crippen LogP contribution is 2.57. The van der Waals surface area contributed by atoms with E-state index in [0.717, 1.165) is 31.4 Å². The van der Waals surface area contributed by atoms with Crippen molar-refractivity contribution in [2.75, 3.05) is 7.11 Å². The normalized spacial score (nSPS) is 35.6. The van der Waals surface area contributed by atoms with Crippen LogP contribution in [-0.4, -0.2) is 7.11 Å². The zero-order valence-electron chi connectivity index (χ0n) is 12.7. The minimum absolute atomic E-state index is 0.155. The minimum atomic E-state index is -0.162. The van der Waals surface area contributed by atoms with Gasteiger partial charge in [-0.05, 0) is 67.2 Å². The number of hydrogen-bond donors (Lipinski definition) is 0. The molecule has 2 aliphatic carbocycles. The number of nitriles is 1. The third-order valence-corrected chi connectivity index (χ3v) is 5.82. The van der Waals surface area contributed by atoms with E-state index in [-0.39, 0.29) is 10.8 Å². The number of nitrogens with zero attached hydrogens (tertiary/aromatic N) is 1. The highest BCUT2D eigenvalue weighted by atomic mass is 16.5. The molecule has 1 saturated carbocycles. The van der Waals surface area contributed by atoms with Gasteiger partial charge in [0.05, 0.1) is 18.6 Å². The van der Waals surface area contributed by atoms with Crippen molar-refractivity contribution in [1.82, 2.24) is 0 Å². The lowest BCUT2D eigenvalue weighted by Crippen LogP contribution is -2.48. The fourth-order valence-corrected chi connectivity index (χ4v) is 4.73. The molecule has 1 aromatic rings. The Morgan fingerprint density at radius 1 is 1.30 bits per heavy atom. The Bertz CT molecular complexity index is 573. The van der Waals surface area contributed by atoms with E-state index in [1.54, 1.807) is 7.11 Å². The van der Waals surface area contributed by atoms with Gasteiger partial charge in [0.15, 0.2) is 0 Å². The van der Waals surface area contributed by atoms with E-state index < -0.39 is 0 Å². The lowest BCUT2D eigenvalue weighted by Gasteiger charge is -2.52. The molecule has 0 saturated heterocycles. The van der Waals surface area contributed by atoms with Crippen LogP contribution < -0.4 is 4.74 Å². The number of rotatable bonds is 1. The number of benzene rings is 1. The van der Waals surface area contributed by atoms with Crippen LogP contribution in [0.3, 0.4) is 0 Å². The molecule has 20 heavy (non-hydrogen) atoms. The van der Waals surface area contributed by atoms with Crippen molar-refractivity contribution in [2.45, 2.75) is 51.4 Å². The van der Waals surface area contributed by atoms with E-state index in [9.17, 15) is 5.26 Å². The first-order valence-corrected chi connectivity index (χ1v) is 7.62. The number of fused-ring (bicyclic) bond motifs is 3. The lowest BCUT2D eigenvalue weighted by atomic mass is 9.50. The standard InChI is InChI=1S/C18H23NO/c1-17(12-19)9-4-10-18(2)15-7-6-14(20-3)11-13(15)5-8-16(17)18/h6-7,11,16H,4-5,8-10H2,1-3H3/t16?,17-,18+/m0/s1. The van der Waals surface area contributed by atoms with Crippen molar-refractivity contribution in [3.05, 3.63) is 29.3 Å². The molecule has 3 rings (SSSR count). The molecule has 1 unspecified atom stereocenters.